The van der Waals surface area contributed by atoms with Gasteiger partial charge >= 0.3 is 5.97 Å². The van der Waals surface area contributed by atoms with Crippen molar-refractivity contribution in [2.45, 2.75) is 38.6 Å². The summed E-state index contributed by atoms with van der Waals surface area (Å²) in [5.41, 5.74) is 1.95. The first kappa shape index (κ1) is 19.5. The highest BCUT2D eigenvalue weighted by Crippen LogP contribution is 2.17. The number of carboxylic acid groups (broad SMARTS) is 1. The van der Waals surface area contributed by atoms with Crippen molar-refractivity contribution in [2.75, 3.05) is 7.11 Å². The Morgan fingerprint density at radius 3 is 2.12 bits per heavy atom. The Hall–Kier alpha value is -2.82. The number of amides is 1. The molecule has 0 saturated carbocycles. The van der Waals surface area contributed by atoms with Gasteiger partial charge < -0.3 is 15.2 Å². The second-order valence-electron chi connectivity index (χ2n) is 6.96. The van der Waals surface area contributed by atoms with Gasteiger partial charge in [0, 0.05) is 12.0 Å². The van der Waals surface area contributed by atoms with Gasteiger partial charge in [-0.2, -0.15) is 0 Å². The van der Waals surface area contributed by atoms with E-state index < -0.39 is 5.97 Å². The molecule has 0 aliphatic carbocycles. The van der Waals surface area contributed by atoms with E-state index in [1.54, 1.807) is 31.4 Å². The number of hydrogen-bond acceptors (Lipinski definition) is 3. The van der Waals surface area contributed by atoms with Crippen LogP contribution >= 0.6 is 0 Å². The van der Waals surface area contributed by atoms with Crippen molar-refractivity contribution in [1.82, 2.24) is 5.32 Å². The van der Waals surface area contributed by atoms with Crippen LogP contribution in [0.4, 0.5) is 0 Å². The molecule has 0 fully saturated rings. The van der Waals surface area contributed by atoms with Crippen molar-refractivity contribution in [2.24, 2.45) is 0 Å². The SMILES string of the molecule is COc1ccc(CC(C)(C)NC(=O)CCc2ccc(C(=O)O)cc2)cc1. The molecule has 5 heteroatoms. The molecule has 5 nitrogen and oxygen atoms in total. The molecular formula is C21H25NO4. The lowest BCUT2D eigenvalue weighted by atomic mass is 9.94. The summed E-state index contributed by atoms with van der Waals surface area (Å²) in [6.45, 7) is 3.99. The maximum absolute atomic E-state index is 12.3. The highest BCUT2D eigenvalue weighted by atomic mass is 16.5. The molecule has 2 N–H and O–H groups in total. The summed E-state index contributed by atoms with van der Waals surface area (Å²) in [5, 5.41) is 12.0. The van der Waals surface area contributed by atoms with Gasteiger partial charge in [-0.15, -0.1) is 0 Å². The zero-order valence-electron chi connectivity index (χ0n) is 15.4. The van der Waals surface area contributed by atoms with Crippen LogP contribution < -0.4 is 10.1 Å². The number of methoxy groups -OCH3 is 1. The topological polar surface area (TPSA) is 75.6 Å². The van der Waals surface area contributed by atoms with Crippen molar-refractivity contribution in [3.05, 3.63) is 65.2 Å². The number of carbonyl (C=O) groups is 2. The Bertz CT molecular complexity index is 749. The van der Waals surface area contributed by atoms with Gasteiger partial charge in [-0.1, -0.05) is 24.3 Å². The quantitative estimate of drug-likeness (QED) is 0.760. The number of carboxylic acids is 1. The predicted octanol–water partition coefficient (Wildman–Crippen LogP) is 3.46. The van der Waals surface area contributed by atoms with E-state index in [2.05, 4.69) is 5.32 Å². The summed E-state index contributed by atoms with van der Waals surface area (Å²) in [7, 11) is 1.63. The van der Waals surface area contributed by atoms with Crippen LogP contribution in [0.15, 0.2) is 48.5 Å². The molecule has 2 aromatic rings. The van der Waals surface area contributed by atoms with Gasteiger partial charge in [0.05, 0.1) is 12.7 Å². The van der Waals surface area contributed by atoms with Gasteiger partial charge in [-0.05, 0) is 62.1 Å². The maximum atomic E-state index is 12.3. The van der Waals surface area contributed by atoms with Crippen molar-refractivity contribution in [3.8, 4) is 5.75 Å². The molecule has 0 bridgehead atoms. The number of aryl methyl sites for hydroxylation is 1. The first-order valence-electron chi connectivity index (χ1n) is 8.55. The Balaban J connectivity index is 1.85. The smallest absolute Gasteiger partial charge is 0.335 e. The first-order chi connectivity index (χ1) is 12.3. The standard InChI is InChI=1S/C21H25NO4/c1-21(2,14-16-6-11-18(26-3)12-7-16)22-19(23)13-8-15-4-9-17(10-5-15)20(24)25/h4-7,9-12H,8,13-14H2,1-3H3,(H,22,23)(H,24,25). The average Bonchev–Trinajstić information content (AvgIpc) is 2.60. The summed E-state index contributed by atoms with van der Waals surface area (Å²) < 4.78 is 5.16. The van der Waals surface area contributed by atoms with Crippen LogP contribution in [0.1, 0.15) is 41.8 Å². The van der Waals surface area contributed by atoms with Gasteiger partial charge in [0.25, 0.3) is 0 Å². The molecule has 0 aliphatic rings. The van der Waals surface area contributed by atoms with Gasteiger partial charge in [-0.25, -0.2) is 4.79 Å². The maximum Gasteiger partial charge on any atom is 0.335 e. The molecule has 138 valence electrons. The third-order valence-corrected chi connectivity index (χ3v) is 4.12. The van der Waals surface area contributed by atoms with Crippen molar-refractivity contribution in [3.63, 3.8) is 0 Å². The van der Waals surface area contributed by atoms with Crippen LogP contribution in [0.5, 0.6) is 5.75 Å². The monoisotopic (exact) mass is 355 g/mol. The average molecular weight is 355 g/mol. The second-order valence-corrected chi connectivity index (χ2v) is 6.96. The fourth-order valence-electron chi connectivity index (χ4n) is 2.81. The molecule has 0 heterocycles. The van der Waals surface area contributed by atoms with Gasteiger partial charge in [0.2, 0.25) is 5.91 Å². The van der Waals surface area contributed by atoms with E-state index in [1.807, 2.05) is 38.1 Å². The number of nitrogens with one attached hydrogen (secondary N) is 1. The van der Waals surface area contributed by atoms with Crippen LogP contribution in [0, 0.1) is 0 Å². The predicted molar refractivity (Wildman–Crippen MR) is 101 cm³/mol. The molecule has 26 heavy (non-hydrogen) atoms. The zero-order chi connectivity index (χ0) is 19.2. The van der Waals surface area contributed by atoms with E-state index in [-0.39, 0.29) is 17.0 Å². The van der Waals surface area contributed by atoms with E-state index in [1.165, 1.54) is 0 Å². The van der Waals surface area contributed by atoms with E-state index >= 15 is 0 Å². The number of carbonyl (C=O) groups excluding carboxylic acids is 1. The molecule has 0 spiro atoms. The molecule has 0 aliphatic heterocycles. The van der Waals surface area contributed by atoms with Crippen LogP contribution in [-0.2, 0) is 17.6 Å². The number of rotatable bonds is 8. The largest absolute Gasteiger partial charge is 0.497 e. The number of aromatic carboxylic acids is 1. The summed E-state index contributed by atoms with van der Waals surface area (Å²) in [5.74, 6) is -0.162. The molecule has 0 unspecified atom stereocenters. The lowest BCUT2D eigenvalue weighted by Crippen LogP contribution is -2.45. The summed E-state index contributed by atoms with van der Waals surface area (Å²) in [6, 6.07) is 14.4. The first-order valence-corrected chi connectivity index (χ1v) is 8.55. The molecule has 1 amide bonds. The third kappa shape index (κ3) is 5.92. The normalized spacial score (nSPS) is 11.0. The van der Waals surface area contributed by atoms with Crippen LogP contribution in [0.2, 0.25) is 0 Å². The third-order valence-electron chi connectivity index (χ3n) is 4.12. The Morgan fingerprint density at radius 1 is 1.00 bits per heavy atom. The Morgan fingerprint density at radius 2 is 1.58 bits per heavy atom. The molecule has 2 aromatic carbocycles. The molecule has 0 saturated heterocycles. The lowest BCUT2D eigenvalue weighted by Gasteiger charge is -2.26. The molecule has 0 atom stereocenters. The van der Waals surface area contributed by atoms with Gasteiger partial charge in [0.15, 0.2) is 0 Å². The van der Waals surface area contributed by atoms with Crippen LogP contribution in [-0.4, -0.2) is 29.6 Å². The van der Waals surface area contributed by atoms with E-state index in [9.17, 15) is 9.59 Å². The number of ether oxygens (including phenoxy) is 1. The Labute approximate surface area is 154 Å². The van der Waals surface area contributed by atoms with Crippen LogP contribution in [0.25, 0.3) is 0 Å². The molecule has 0 aromatic heterocycles. The number of hydrogen-bond donors (Lipinski definition) is 2. The second kappa shape index (κ2) is 8.52. The summed E-state index contributed by atoms with van der Waals surface area (Å²) >= 11 is 0. The minimum Gasteiger partial charge on any atom is -0.497 e. The highest BCUT2D eigenvalue weighted by molar-refractivity contribution is 5.87. The lowest BCUT2D eigenvalue weighted by molar-refractivity contribution is -0.122. The van der Waals surface area contributed by atoms with Gasteiger partial charge in [-0.3, -0.25) is 4.79 Å². The fraction of sp³-hybridized carbons (Fsp3) is 0.333. The molecule has 2 rings (SSSR count). The van der Waals surface area contributed by atoms with E-state index in [0.717, 1.165) is 23.3 Å². The highest BCUT2D eigenvalue weighted by Gasteiger charge is 2.20. The summed E-state index contributed by atoms with van der Waals surface area (Å²) in [4.78, 5) is 23.1. The molecule has 0 radical (unpaired) electrons. The minimum atomic E-state index is -0.949. The van der Waals surface area contributed by atoms with E-state index in [0.29, 0.717) is 12.8 Å². The minimum absolute atomic E-state index is 0.0224. The summed E-state index contributed by atoms with van der Waals surface area (Å²) in [6.07, 6.45) is 1.65. The zero-order valence-corrected chi connectivity index (χ0v) is 15.4. The molecular weight excluding hydrogens is 330 g/mol. The Kier molecular flexibility index (Phi) is 6.39. The fourth-order valence-corrected chi connectivity index (χ4v) is 2.81. The van der Waals surface area contributed by atoms with Crippen molar-refractivity contribution < 1.29 is 19.4 Å². The van der Waals surface area contributed by atoms with Gasteiger partial charge in [0.1, 0.15) is 5.75 Å². The van der Waals surface area contributed by atoms with Crippen molar-refractivity contribution in [1.29, 1.82) is 0 Å². The van der Waals surface area contributed by atoms with Crippen molar-refractivity contribution >= 4 is 11.9 Å². The van der Waals surface area contributed by atoms with Crippen LogP contribution in [0.3, 0.4) is 0 Å². The van der Waals surface area contributed by atoms with E-state index in [4.69, 9.17) is 9.84 Å². The number of benzene rings is 2.